The molecule has 1 atom stereocenters. The predicted octanol–water partition coefficient (Wildman–Crippen LogP) is 3.86. The molecule has 6 heteroatoms. The zero-order chi connectivity index (χ0) is 20.1. The van der Waals surface area contributed by atoms with Crippen LogP contribution in [0.15, 0.2) is 73.1 Å². The fourth-order valence-corrected chi connectivity index (χ4v) is 2.69. The van der Waals surface area contributed by atoms with Crippen LogP contribution < -0.4 is 5.32 Å². The Balaban J connectivity index is 1.64. The average Bonchev–Trinajstić information content (AvgIpc) is 3.23. The first-order chi connectivity index (χ1) is 13.5. The minimum atomic E-state index is -1.02. The van der Waals surface area contributed by atoms with E-state index in [0.29, 0.717) is 16.8 Å². The highest BCUT2D eigenvalue weighted by atomic mass is 16.5. The van der Waals surface area contributed by atoms with Crippen molar-refractivity contribution in [2.45, 2.75) is 20.0 Å². The number of ketones is 1. The van der Waals surface area contributed by atoms with Crippen LogP contribution in [-0.4, -0.2) is 28.3 Å². The third-order valence-corrected chi connectivity index (χ3v) is 4.22. The van der Waals surface area contributed by atoms with Gasteiger partial charge in [0, 0.05) is 23.6 Å². The first kappa shape index (κ1) is 19.1. The second-order valence-corrected chi connectivity index (χ2v) is 6.28. The van der Waals surface area contributed by atoms with E-state index in [1.54, 1.807) is 48.5 Å². The quantitative estimate of drug-likeness (QED) is 0.523. The number of carbonyl (C=O) groups is 3. The Morgan fingerprint density at radius 3 is 2.21 bits per heavy atom. The largest absolute Gasteiger partial charge is 0.449 e. The molecule has 1 aromatic heterocycles. The van der Waals surface area contributed by atoms with Crippen molar-refractivity contribution in [1.82, 2.24) is 4.57 Å². The molecule has 1 unspecified atom stereocenters. The van der Waals surface area contributed by atoms with Gasteiger partial charge in [-0.15, -0.1) is 0 Å². The molecule has 0 aliphatic heterocycles. The highest BCUT2D eigenvalue weighted by molar-refractivity contribution is 6.05. The van der Waals surface area contributed by atoms with Crippen LogP contribution in [0.25, 0.3) is 5.69 Å². The van der Waals surface area contributed by atoms with Gasteiger partial charge in [-0.3, -0.25) is 9.59 Å². The Morgan fingerprint density at radius 1 is 0.929 bits per heavy atom. The molecule has 1 amide bonds. The molecular formula is C22H20N2O4. The Kier molecular flexibility index (Phi) is 5.69. The summed E-state index contributed by atoms with van der Waals surface area (Å²) in [5.74, 6) is -1.27. The van der Waals surface area contributed by atoms with Gasteiger partial charge in [-0.05, 0) is 62.4 Å². The van der Waals surface area contributed by atoms with Gasteiger partial charge < -0.3 is 14.6 Å². The molecule has 0 saturated heterocycles. The number of benzene rings is 2. The van der Waals surface area contributed by atoms with E-state index in [-0.39, 0.29) is 5.78 Å². The van der Waals surface area contributed by atoms with Gasteiger partial charge in [0.25, 0.3) is 5.91 Å². The van der Waals surface area contributed by atoms with Gasteiger partial charge in [0.15, 0.2) is 11.9 Å². The fraction of sp³-hybridized carbons (Fsp3) is 0.136. The molecule has 1 N–H and O–H groups in total. The lowest BCUT2D eigenvalue weighted by Crippen LogP contribution is -2.30. The summed E-state index contributed by atoms with van der Waals surface area (Å²) in [4.78, 5) is 36.3. The highest BCUT2D eigenvalue weighted by Gasteiger charge is 2.20. The maximum Gasteiger partial charge on any atom is 0.338 e. The normalized spacial score (nSPS) is 11.5. The highest BCUT2D eigenvalue weighted by Crippen LogP contribution is 2.17. The van der Waals surface area contributed by atoms with E-state index >= 15 is 0 Å². The Hall–Kier alpha value is -3.67. The Labute approximate surface area is 162 Å². The molecule has 6 nitrogen and oxygen atoms in total. The van der Waals surface area contributed by atoms with Crippen molar-refractivity contribution >= 4 is 23.3 Å². The smallest absolute Gasteiger partial charge is 0.338 e. The summed E-state index contributed by atoms with van der Waals surface area (Å²) in [6.07, 6.45) is 2.79. The van der Waals surface area contributed by atoms with Crippen LogP contribution in [0.2, 0.25) is 0 Å². The van der Waals surface area contributed by atoms with E-state index < -0.39 is 18.0 Å². The zero-order valence-electron chi connectivity index (χ0n) is 15.6. The molecular weight excluding hydrogens is 356 g/mol. The van der Waals surface area contributed by atoms with E-state index in [0.717, 1.165) is 5.69 Å². The van der Waals surface area contributed by atoms with Gasteiger partial charge in [-0.2, -0.15) is 0 Å². The number of ether oxygens (including phenoxy) is 1. The van der Waals surface area contributed by atoms with E-state index in [1.165, 1.54) is 13.8 Å². The van der Waals surface area contributed by atoms with Gasteiger partial charge in [0.1, 0.15) is 0 Å². The number of esters is 1. The number of nitrogens with zero attached hydrogens (tertiary/aromatic N) is 1. The number of nitrogens with one attached hydrogen (secondary N) is 1. The average molecular weight is 376 g/mol. The van der Waals surface area contributed by atoms with E-state index in [4.69, 9.17) is 4.74 Å². The summed E-state index contributed by atoms with van der Waals surface area (Å²) in [7, 11) is 0. The number of anilines is 1. The fourth-order valence-electron chi connectivity index (χ4n) is 2.69. The lowest BCUT2D eigenvalue weighted by molar-refractivity contribution is -0.123. The number of rotatable bonds is 6. The summed E-state index contributed by atoms with van der Waals surface area (Å²) < 4.78 is 7.17. The van der Waals surface area contributed by atoms with Crippen molar-refractivity contribution in [2.24, 2.45) is 0 Å². The van der Waals surface area contributed by atoms with Crippen molar-refractivity contribution < 1.29 is 19.1 Å². The van der Waals surface area contributed by atoms with Crippen molar-refractivity contribution in [1.29, 1.82) is 0 Å². The van der Waals surface area contributed by atoms with Crippen LogP contribution in [-0.2, 0) is 9.53 Å². The molecule has 0 aliphatic carbocycles. The van der Waals surface area contributed by atoms with Crippen molar-refractivity contribution in [3.63, 3.8) is 0 Å². The minimum absolute atomic E-state index is 0.164. The van der Waals surface area contributed by atoms with Crippen LogP contribution in [0.3, 0.4) is 0 Å². The van der Waals surface area contributed by atoms with E-state index in [2.05, 4.69) is 5.32 Å². The number of hydrogen-bond donors (Lipinski definition) is 1. The third-order valence-electron chi connectivity index (χ3n) is 4.22. The van der Waals surface area contributed by atoms with Crippen LogP contribution in [0, 0.1) is 0 Å². The standard InChI is InChI=1S/C22H20N2O4/c1-15(25)19-7-3-4-8-20(19)23-21(26)16(2)28-22(27)17-9-11-18(12-10-17)24-13-5-6-14-24/h3-14,16H,1-2H3,(H,23,26). The lowest BCUT2D eigenvalue weighted by Gasteiger charge is -2.15. The molecule has 2 aromatic carbocycles. The SMILES string of the molecule is CC(=O)c1ccccc1NC(=O)C(C)OC(=O)c1ccc(-n2cccc2)cc1. The number of amides is 1. The topological polar surface area (TPSA) is 77.4 Å². The number of aromatic nitrogens is 1. The minimum Gasteiger partial charge on any atom is -0.449 e. The zero-order valence-corrected chi connectivity index (χ0v) is 15.6. The van der Waals surface area contributed by atoms with Gasteiger partial charge in [0.2, 0.25) is 0 Å². The number of hydrogen-bond acceptors (Lipinski definition) is 4. The molecule has 3 aromatic rings. The molecule has 0 radical (unpaired) electrons. The summed E-state index contributed by atoms with van der Waals surface area (Å²) in [6.45, 7) is 2.91. The first-order valence-corrected chi connectivity index (χ1v) is 8.81. The molecule has 3 rings (SSSR count). The molecule has 142 valence electrons. The molecule has 1 heterocycles. The van der Waals surface area contributed by atoms with Gasteiger partial charge in [-0.25, -0.2) is 4.79 Å². The first-order valence-electron chi connectivity index (χ1n) is 8.81. The van der Waals surface area contributed by atoms with Crippen LogP contribution >= 0.6 is 0 Å². The maximum absolute atomic E-state index is 12.4. The number of carbonyl (C=O) groups excluding carboxylic acids is 3. The third kappa shape index (κ3) is 4.35. The van der Waals surface area contributed by atoms with Crippen LogP contribution in [0.5, 0.6) is 0 Å². The van der Waals surface area contributed by atoms with Crippen molar-refractivity contribution in [2.75, 3.05) is 5.32 Å². The lowest BCUT2D eigenvalue weighted by atomic mass is 10.1. The monoisotopic (exact) mass is 376 g/mol. The second-order valence-electron chi connectivity index (χ2n) is 6.28. The molecule has 0 aliphatic rings. The van der Waals surface area contributed by atoms with Gasteiger partial charge >= 0.3 is 5.97 Å². The summed E-state index contributed by atoms with van der Waals surface area (Å²) in [6, 6.07) is 17.4. The number of para-hydroxylation sites is 1. The van der Waals surface area contributed by atoms with Crippen LogP contribution in [0.1, 0.15) is 34.6 Å². The Bertz CT molecular complexity index is 992. The Morgan fingerprint density at radius 2 is 1.57 bits per heavy atom. The molecule has 0 spiro atoms. The summed E-state index contributed by atoms with van der Waals surface area (Å²) in [5.41, 5.74) is 2.04. The van der Waals surface area contributed by atoms with E-state index in [1.807, 2.05) is 29.1 Å². The molecule has 0 fully saturated rings. The van der Waals surface area contributed by atoms with Gasteiger partial charge in [-0.1, -0.05) is 12.1 Å². The number of Topliss-reactive ketones (excluding diaryl/α,β-unsaturated/α-hetero) is 1. The molecule has 0 bridgehead atoms. The van der Waals surface area contributed by atoms with Crippen molar-refractivity contribution in [3.05, 3.63) is 84.2 Å². The van der Waals surface area contributed by atoms with Crippen molar-refractivity contribution in [3.8, 4) is 5.69 Å². The molecule has 0 saturated carbocycles. The van der Waals surface area contributed by atoms with Gasteiger partial charge in [0.05, 0.1) is 11.3 Å². The van der Waals surface area contributed by atoms with Crippen LogP contribution in [0.4, 0.5) is 5.69 Å². The maximum atomic E-state index is 12.4. The van der Waals surface area contributed by atoms with E-state index in [9.17, 15) is 14.4 Å². The molecule has 28 heavy (non-hydrogen) atoms. The summed E-state index contributed by atoms with van der Waals surface area (Å²) in [5, 5.41) is 2.64. The second kappa shape index (κ2) is 8.35. The summed E-state index contributed by atoms with van der Waals surface area (Å²) >= 11 is 0. The predicted molar refractivity (Wildman–Crippen MR) is 106 cm³/mol.